The van der Waals surface area contributed by atoms with Gasteiger partial charge in [-0.3, -0.25) is 33.8 Å². The summed E-state index contributed by atoms with van der Waals surface area (Å²) in [7, 11) is 0. The Balaban J connectivity index is 5.72. The number of nitrogens with two attached hydrogens (primary N) is 5. The molecule has 4 unspecified atom stereocenters. The summed E-state index contributed by atoms with van der Waals surface area (Å²) in [5, 5.41) is 24.7. The summed E-state index contributed by atoms with van der Waals surface area (Å²) in [5.41, 5.74) is 26.3. The molecule has 0 saturated heterocycles. The second-order valence-corrected chi connectivity index (χ2v) is 8.18. The molecule has 0 aromatic rings. The number of carbonyl (C=O) groups is 7. The van der Waals surface area contributed by atoms with Crippen molar-refractivity contribution in [2.75, 3.05) is 6.54 Å². The van der Waals surface area contributed by atoms with Gasteiger partial charge in [0.25, 0.3) is 0 Å². The van der Waals surface area contributed by atoms with Crippen molar-refractivity contribution >= 4 is 47.4 Å². The molecular formula is C20H35N9O9. The molecule has 0 aromatic carbocycles. The summed E-state index contributed by atoms with van der Waals surface area (Å²) >= 11 is 0. The molecule has 0 bridgehead atoms. The van der Waals surface area contributed by atoms with Crippen LogP contribution in [0.25, 0.3) is 0 Å². The normalized spacial score (nSPS) is 13.6. The molecule has 18 nitrogen and oxygen atoms in total. The molecule has 0 aliphatic heterocycles. The van der Waals surface area contributed by atoms with Crippen LogP contribution in [0.3, 0.4) is 0 Å². The van der Waals surface area contributed by atoms with Gasteiger partial charge in [0.2, 0.25) is 29.5 Å². The highest BCUT2D eigenvalue weighted by molar-refractivity contribution is 5.95. The van der Waals surface area contributed by atoms with Crippen LogP contribution in [0.2, 0.25) is 0 Å². The lowest BCUT2D eigenvalue weighted by molar-refractivity contribution is -0.144. The van der Waals surface area contributed by atoms with Gasteiger partial charge in [-0.2, -0.15) is 0 Å². The SMILES string of the molecule is NC(=O)CCC(NC(=O)C(N)CCC(=O)O)C(=O)NC(CCCN=C(N)N)C(=O)NC(CC(N)=O)C(=O)O. The Morgan fingerprint density at radius 2 is 1.21 bits per heavy atom. The van der Waals surface area contributed by atoms with E-state index in [2.05, 4.69) is 20.9 Å². The Hall–Kier alpha value is -4.48. The summed E-state index contributed by atoms with van der Waals surface area (Å²) in [6, 6.07) is -5.78. The average Bonchev–Trinajstić information content (AvgIpc) is 2.80. The second kappa shape index (κ2) is 17.1. The van der Waals surface area contributed by atoms with Crippen molar-refractivity contribution in [3.8, 4) is 0 Å². The van der Waals surface area contributed by atoms with Gasteiger partial charge < -0.3 is 54.8 Å². The molecule has 4 atom stereocenters. The second-order valence-electron chi connectivity index (χ2n) is 8.18. The van der Waals surface area contributed by atoms with E-state index in [4.69, 9.17) is 33.8 Å². The van der Waals surface area contributed by atoms with Gasteiger partial charge in [0.15, 0.2) is 5.96 Å². The average molecular weight is 546 g/mol. The summed E-state index contributed by atoms with van der Waals surface area (Å²) in [6.07, 6.45) is -1.97. The van der Waals surface area contributed by atoms with Gasteiger partial charge in [0.05, 0.1) is 12.5 Å². The number of primary amides is 2. The van der Waals surface area contributed by atoms with Gasteiger partial charge >= 0.3 is 11.9 Å². The van der Waals surface area contributed by atoms with Crippen LogP contribution in [0.5, 0.6) is 0 Å². The molecule has 0 radical (unpaired) electrons. The Morgan fingerprint density at radius 3 is 1.68 bits per heavy atom. The minimum Gasteiger partial charge on any atom is -0.481 e. The maximum Gasteiger partial charge on any atom is 0.326 e. The molecule has 0 rings (SSSR count). The van der Waals surface area contributed by atoms with Gasteiger partial charge in [-0.25, -0.2) is 4.79 Å². The largest absolute Gasteiger partial charge is 0.481 e. The number of nitrogens with one attached hydrogen (secondary N) is 3. The maximum atomic E-state index is 13.0. The third kappa shape index (κ3) is 14.8. The highest BCUT2D eigenvalue weighted by Crippen LogP contribution is 2.06. The minimum atomic E-state index is -1.69. The number of hydrogen-bond donors (Lipinski definition) is 10. The standard InChI is InChI=1S/C20H35N9O9/c21-9(3-6-15(32)33)16(34)27-11(4-5-13(22)30)18(36)28-10(2-1-7-26-20(24)25)17(35)29-12(19(37)38)8-14(23)31/h9-12H,1-8,21H2,(H2,22,30)(H2,23,31)(H,27,34)(H,28,36)(H,29,35)(H,32,33)(H,37,38)(H4,24,25,26). The molecule has 15 N–H and O–H groups in total. The quantitative estimate of drug-likeness (QED) is 0.0414. The number of guanidine groups is 1. The van der Waals surface area contributed by atoms with E-state index in [0.29, 0.717) is 0 Å². The monoisotopic (exact) mass is 545 g/mol. The van der Waals surface area contributed by atoms with Crippen LogP contribution in [0.15, 0.2) is 4.99 Å². The number of amides is 5. The summed E-state index contributed by atoms with van der Waals surface area (Å²) in [4.78, 5) is 86.4. The number of carboxylic acid groups (broad SMARTS) is 2. The number of carboxylic acids is 2. The lowest BCUT2D eigenvalue weighted by atomic mass is 10.1. The van der Waals surface area contributed by atoms with E-state index in [0.717, 1.165) is 0 Å². The van der Waals surface area contributed by atoms with Crippen molar-refractivity contribution in [3.05, 3.63) is 0 Å². The number of carbonyl (C=O) groups excluding carboxylic acids is 5. The predicted molar refractivity (Wildman–Crippen MR) is 130 cm³/mol. The van der Waals surface area contributed by atoms with E-state index in [9.17, 15) is 38.7 Å². The first-order valence-electron chi connectivity index (χ1n) is 11.4. The van der Waals surface area contributed by atoms with Crippen LogP contribution < -0.4 is 44.6 Å². The number of aliphatic carboxylic acids is 2. The molecule has 0 saturated carbocycles. The Kier molecular flexibility index (Phi) is 15.0. The van der Waals surface area contributed by atoms with E-state index < -0.39 is 78.5 Å². The van der Waals surface area contributed by atoms with E-state index >= 15 is 0 Å². The van der Waals surface area contributed by atoms with Crippen LogP contribution in [-0.4, -0.2) is 88.4 Å². The van der Waals surface area contributed by atoms with Crippen LogP contribution in [0, 0.1) is 0 Å². The third-order valence-electron chi connectivity index (χ3n) is 4.92. The fourth-order valence-corrected chi connectivity index (χ4v) is 2.96. The van der Waals surface area contributed by atoms with Gasteiger partial charge in [0.1, 0.15) is 18.1 Å². The van der Waals surface area contributed by atoms with Crippen molar-refractivity contribution in [3.63, 3.8) is 0 Å². The first-order valence-corrected chi connectivity index (χ1v) is 11.4. The zero-order valence-electron chi connectivity index (χ0n) is 20.6. The van der Waals surface area contributed by atoms with Gasteiger partial charge in [-0.15, -0.1) is 0 Å². The van der Waals surface area contributed by atoms with E-state index in [1.54, 1.807) is 0 Å². The van der Waals surface area contributed by atoms with Crippen LogP contribution >= 0.6 is 0 Å². The molecule has 0 spiro atoms. The van der Waals surface area contributed by atoms with Crippen molar-refractivity contribution in [2.45, 2.75) is 69.1 Å². The molecular weight excluding hydrogens is 510 g/mol. The van der Waals surface area contributed by atoms with E-state index in [1.807, 2.05) is 0 Å². The van der Waals surface area contributed by atoms with Crippen molar-refractivity contribution in [1.29, 1.82) is 0 Å². The van der Waals surface area contributed by atoms with Crippen LogP contribution in [0.4, 0.5) is 0 Å². The van der Waals surface area contributed by atoms with E-state index in [-0.39, 0.29) is 44.6 Å². The zero-order valence-corrected chi connectivity index (χ0v) is 20.6. The lowest BCUT2D eigenvalue weighted by Gasteiger charge is -2.25. The summed E-state index contributed by atoms with van der Waals surface area (Å²) in [6.45, 7) is 0.0475. The Morgan fingerprint density at radius 1 is 0.684 bits per heavy atom. The van der Waals surface area contributed by atoms with Gasteiger partial charge in [-0.1, -0.05) is 0 Å². The molecule has 214 valence electrons. The number of nitrogens with zero attached hydrogens (tertiary/aromatic N) is 1. The molecule has 18 heteroatoms. The smallest absolute Gasteiger partial charge is 0.326 e. The molecule has 0 heterocycles. The molecule has 0 aromatic heterocycles. The number of rotatable bonds is 19. The molecule has 5 amide bonds. The van der Waals surface area contributed by atoms with Crippen molar-refractivity contribution in [2.24, 2.45) is 33.7 Å². The highest BCUT2D eigenvalue weighted by Gasteiger charge is 2.31. The molecule has 38 heavy (non-hydrogen) atoms. The minimum absolute atomic E-state index is 0.0475. The van der Waals surface area contributed by atoms with Crippen molar-refractivity contribution in [1.82, 2.24) is 16.0 Å². The van der Waals surface area contributed by atoms with Gasteiger partial charge in [-0.05, 0) is 25.7 Å². The highest BCUT2D eigenvalue weighted by atomic mass is 16.4. The fraction of sp³-hybridized carbons (Fsp3) is 0.600. The number of aliphatic imine (C=N–C) groups is 1. The first kappa shape index (κ1) is 33.5. The topological polar surface area (TPSA) is 338 Å². The lowest BCUT2D eigenvalue weighted by Crippen LogP contribution is -2.57. The zero-order chi connectivity index (χ0) is 29.4. The Labute approximate surface area is 217 Å². The van der Waals surface area contributed by atoms with Gasteiger partial charge in [0, 0.05) is 19.4 Å². The molecule has 0 aliphatic carbocycles. The fourth-order valence-electron chi connectivity index (χ4n) is 2.96. The van der Waals surface area contributed by atoms with Crippen LogP contribution in [0.1, 0.15) is 44.9 Å². The summed E-state index contributed by atoms with van der Waals surface area (Å²) in [5.74, 6) is -7.60. The maximum absolute atomic E-state index is 13.0. The summed E-state index contributed by atoms with van der Waals surface area (Å²) < 4.78 is 0. The van der Waals surface area contributed by atoms with E-state index in [1.165, 1.54) is 0 Å². The number of hydrogen-bond acceptors (Lipinski definition) is 9. The van der Waals surface area contributed by atoms with Crippen molar-refractivity contribution < 1.29 is 43.8 Å². The molecule has 0 aliphatic rings. The first-order chi connectivity index (χ1) is 17.6. The molecule has 0 fully saturated rings. The third-order valence-corrected chi connectivity index (χ3v) is 4.92. The van der Waals surface area contributed by atoms with Crippen LogP contribution in [-0.2, 0) is 33.6 Å². The Bertz CT molecular complexity index is 922. The predicted octanol–water partition coefficient (Wildman–Crippen LogP) is -5.09.